The van der Waals surface area contributed by atoms with Gasteiger partial charge >= 0.3 is 0 Å². The molecule has 1 fully saturated rings. The number of aliphatic hydroxyl groups is 1. The topological polar surface area (TPSA) is 94.5 Å². The quantitative estimate of drug-likeness (QED) is 0.313. The Balaban J connectivity index is 1.65. The molecule has 0 saturated carbocycles. The number of carbonyl (C=O) groups excluding carboxylic acids is 2. The molecule has 0 radical (unpaired) electrons. The molecule has 8 nitrogen and oxygen atoms in total. The van der Waals surface area contributed by atoms with Gasteiger partial charge in [-0.15, -0.1) is 11.3 Å². The lowest BCUT2D eigenvalue weighted by Gasteiger charge is -2.25. The van der Waals surface area contributed by atoms with Crippen LogP contribution in [0.5, 0.6) is 23.0 Å². The van der Waals surface area contributed by atoms with Crippen molar-refractivity contribution >= 4 is 28.8 Å². The SMILES string of the molecule is COc1ccc(C2/C(=C(\O)c3ccc4c(c3)OCCO4)C(=O)C(=O)N2Cc2cccs2)cc1OC. The summed E-state index contributed by atoms with van der Waals surface area (Å²) in [4.78, 5) is 28.9. The van der Waals surface area contributed by atoms with Crippen LogP contribution < -0.4 is 18.9 Å². The van der Waals surface area contributed by atoms with Gasteiger partial charge in [-0.2, -0.15) is 0 Å². The van der Waals surface area contributed by atoms with Crippen molar-refractivity contribution in [3.63, 3.8) is 0 Å². The maximum absolute atomic E-state index is 13.3. The van der Waals surface area contributed by atoms with E-state index in [1.807, 2.05) is 17.5 Å². The third-order valence-corrected chi connectivity index (χ3v) is 6.85. The fourth-order valence-corrected chi connectivity index (χ4v) is 5.03. The number of fused-ring (bicyclic) bond motifs is 1. The number of thiophene rings is 1. The van der Waals surface area contributed by atoms with E-state index in [0.717, 1.165) is 4.88 Å². The molecule has 3 aromatic rings. The van der Waals surface area contributed by atoms with Gasteiger partial charge in [0.1, 0.15) is 19.0 Å². The molecular weight excluding hydrogens is 470 g/mol. The Bertz CT molecular complexity index is 1320. The lowest BCUT2D eigenvalue weighted by atomic mass is 9.94. The van der Waals surface area contributed by atoms with Gasteiger partial charge in [0.15, 0.2) is 23.0 Å². The molecule has 1 atom stereocenters. The maximum Gasteiger partial charge on any atom is 0.295 e. The number of ether oxygens (including phenoxy) is 4. The Morgan fingerprint density at radius 1 is 1.03 bits per heavy atom. The lowest BCUT2D eigenvalue weighted by Crippen LogP contribution is -2.28. The highest BCUT2D eigenvalue weighted by Crippen LogP contribution is 2.43. The van der Waals surface area contributed by atoms with Crippen LogP contribution in [0.15, 0.2) is 59.5 Å². The zero-order chi connectivity index (χ0) is 24.5. The summed E-state index contributed by atoms with van der Waals surface area (Å²) in [7, 11) is 3.04. The summed E-state index contributed by atoms with van der Waals surface area (Å²) in [5, 5.41) is 13.3. The van der Waals surface area contributed by atoms with E-state index in [4.69, 9.17) is 18.9 Å². The van der Waals surface area contributed by atoms with E-state index in [9.17, 15) is 14.7 Å². The summed E-state index contributed by atoms with van der Waals surface area (Å²) in [6.45, 7) is 1.04. The minimum Gasteiger partial charge on any atom is -0.507 e. The molecule has 2 aromatic carbocycles. The first-order valence-electron chi connectivity index (χ1n) is 10.9. The first kappa shape index (κ1) is 22.8. The molecule has 9 heteroatoms. The molecule has 180 valence electrons. The number of amides is 1. The molecule has 1 amide bonds. The Labute approximate surface area is 205 Å². The van der Waals surface area contributed by atoms with Crippen LogP contribution in [0.3, 0.4) is 0 Å². The van der Waals surface area contributed by atoms with E-state index in [-0.39, 0.29) is 17.9 Å². The summed E-state index contributed by atoms with van der Waals surface area (Å²) in [5.74, 6) is 0.266. The van der Waals surface area contributed by atoms with Crippen LogP contribution in [-0.2, 0) is 16.1 Å². The lowest BCUT2D eigenvalue weighted by molar-refractivity contribution is -0.140. The van der Waals surface area contributed by atoms with E-state index in [0.29, 0.717) is 47.3 Å². The molecule has 1 unspecified atom stereocenters. The Morgan fingerprint density at radius 2 is 1.80 bits per heavy atom. The van der Waals surface area contributed by atoms with E-state index >= 15 is 0 Å². The first-order valence-corrected chi connectivity index (χ1v) is 11.8. The molecule has 5 rings (SSSR count). The molecule has 0 bridgehead atoms. The second-order valence-electron chi connectivity index (χ2n) is 7.98. The van der Waals surface area contributed by atoms with Gasteiger partial charge in [-0.25, -0.2) is 0 Å². The van der Waals surface area contributed by atoms with Crippen molar-refractivity contribution in [2.45, 2.75) is 12.6 Å². The largest absolute Gasteiger partial charge is 0.507 e. The van der Waals surface area contributed by atoms with Gasteiger partial charge in [0.25, 0.3) is 11.7 Å². The summed E-state index contributed by atoms with van der Waals surface area (Å²) >= 11 is 1.49. The number of hydrogen-bond acceptors (Lipinski definition) is 8. The van der Waals surface area contributed by atoms with Gasteiger partial charge in [-0.1, -0.05) is 12.1 Å². The average Bonchev–Trinajstić information content (AvgIpc) is 3.50. The van der Waals surface area contributed by atoms with Crippen molar-refractivity contribution in [1.29, 1.82) is 0 Å². The van der Waals surface area contributed by atoms with E-state index in [1.54, 1.807) is 36.4 Å². The molecule has 1 N–H and O–H groups in total. The highest BCUT2D eigenvalue weighted by molar-refractivity contribution is 7.09. The number of carbonyl (C=O) groups is 2. The minimum atomic E-state index is -0.829. The number of ketones is 1. The van der Waals surface area contributed by atoms with Crippen molar-refractivity contribution in [2.75, 3.05) is 27.4 Å². The summed E-state index contributed by atoms with van der Waals surface area (Å²) in [6, 6.07) is 13.1. The molecule has 1 saturated heterocycles. The maximum atomic E-state index is 13.3. The molecular formula is C26H23NO7S. The summed E-state index contributed by atoms with van der Waals surface area (Å²) in [6.07, 6.45) is 0. The molecule has 2 aliphatic heterocycles. The van der Waals surface area contributed by atoms with Crippen molar-refractivity contribution < 1.29 is 33.6 Å². The minimum absolute atomic E-state index is 0.00421. The zero-order valence-electron chi connectivity index (χ0n) is 19.1. The first-order chi connectivity index (χ1) is 17.0. The highest BCUT2D eigenvalue weighted by atomic mass is 32.1. The molecule has 3 heterocycles. The molecule has 0 spiro atoms. The Morgan fingerprint density at radius 3 is 2.51 bits per heavy atom. The van der Waals surface area contributed by atoms with Gasteiger partial charge in [0, 0.05) is 10.4 Å². The van der Waals surface area contributed by atoms with Crippen LogP contribution in [0.1, 0.15) is 22.0 Å². The smallest absolute Gasteiger partial charge is 0.295 e. The molecule has 0 aliphatic carbocycles. The number of rotatable bonds is 6. The number of methoxy groups -OCH3 is 2. The van der Waals surface area contributed by atoms with Crippen LogP contribution in [0, 0.1) is 0 Å². The number of nitrogens with zero attached hydrogens (tertiary/aromatic N) is 1. The van der Waals surface area contributed by atoms with Crippen molar-refractivity contribution in [2.24, 2.45) is 0 Å². The number of likely N-dealkylation sites (tertiary alicyclic amines) is 1. The van der Waals surface area contributed by atoms with E-state index < -0.39 is 17.7 Å². The van der Waals surface area contributed by atoms with Gasteiger partial charge in [-0.3, -0.25) is 9.59 Å². The monoisotopic (exact) mass is 493 g/mol. The number of Topliss-reactive ketones (excluding diaryl/α,β-unsaturated/α-hetero) is 1. The fraction of sp³-hybridized carbons (Fsp3) is 0.231. The van der Waals surface area contributed by atoms with Gasteiger partial charge < -0.3 is 29.0 Å². The third kappa shape index (κ3) is 4.08. The van der Waals surface area contributed by atoms with Crippen LogP contribution in [0.4, 0.5) is 0 Å². The highest BCUT2D eigenvalue weighted by Gasteiger charge is 2.46. The van der Waals surface area contributed by atoms with Crippen molar-refractivity contribution in [3.8, 4) is 23.0 Å². The van der Waals surface area contributed by atoms with Crippen LogP contribution in [0.25, 0.3) is 5.76 Å². The summed E-state index contributed by atoms with van der Waals surface area (Å²) in [5.41, 5.74) is 0.960. The second kappa shape index (κ2) is 9.34. The average molecular weight is 494 g/mol. The van der Waals surface area contributed by atoms with E-state index in [1.165, 1.54) is 30.5 Å². The van der Waals surface area contributed by atoms with Crippen LogP contribution in [-0.4, -0.2) is 49.1 Å². The Kier molecular flexibility index (Phi) is 6.08. The number of aliphatic hydroxyl groups excluding tert-OH is 1. The van der Waals surface area contributed by atoms with Gasteiger partial charge in [-0.05, 0) is 47.3 Å². The molecule has 2 aliphatic rings. The standard InChI is InChI=1S/C26H23NO7S/c1-31-18-7-5-15(12-20(18)32-2)23-22(25(29)26(30)27(23)14-17-4-3-11-35-17)24(28)16-6-8-19-21(13-16)34-10-9-33-19/h3-8,11-13,23,28H,9-10,14H2,1-2H3/b24-22+. The summed E-state index contributed by atoms with van der Waals surface area (Å²) < 4.78 is 22.0. The molecule has 1 aromatic heterocycles. The predicted molar refractivity (Wildman–Crippen MR) is 129 cm³/mol. The van der Waals surface area contributed by atoms with Crippen LogP contribution in [0.2, 0.25) is 0 Å². The number of hydrogen-bond donors (Lipinski definition) is 1. The normalized spacial score (nSPS) is 18.6. The second-order valence-corrected chi connectivity index (χ2v) is 9.01. The van der Waals surface area contributed by atoms with E-state index in [2.05, 4.69) is 0 Å². The molecule has 35 heavy (non-hydrogen) atoms. The predicted octanol–water partition coefficient (Wildman–Crippen LogP) is 4.16. The van der Waals surface area contributed by atoms with Gasteiger partial charge in [0.05, 0.1) is 32.4 Å². The van der Waals surface area contributed by atoms with Crippen LogP contribution >= 0.6 is 11.3 Å². The van der Waals surface area contributed by atoms with Crippen molar-refractivity contribution in [1.82, 2.24) is 4.90 Å². The Hall–Kier alpha value is -3.98. The zero-order valence-corrected chi connectivity index (χ0v) is 20.0. The third-order valence-electron chi connectivity index (χ3n) is 5.99. The fourth-order valence-electron chi connectivity index (χ4n) is 4.33. The van der Waals surface area contributed by atoms with Crippen molar-refractivity contribution in [3.05, 3.63) is 75.5 Å². The number of benzene rings is 2. The van der Waals surface area contributed by atoms with Gasteiger partial charge in [0.2, 0.25) is 0 Å².